The Bertz CT molecular complexity index is 806. The third kappa shape index (κ3) is 5.42. The number of nitrogens with zero attached hydrogens (tertiary/aromatic N) is 3. The molecule has 144 valence electrons. The number of oxime groups is 1. The molecule has 0 aromatic carbocycles. The van der Waals surface area contributed by atoms with Gasteiger partial charge in [0.25, 0.3) is 5.91 Å². The first-order valence-electron chi connectivity index (χ1n) is 7.84. The maximum Gasteiger partial charge on any atom is 0.347 e. The molecule has 1 amide bonds. The predicted molar refractivity (Wildman–Crippen MR) is 93.7 cm³/mol. The zero-order valence-electron chi connectivity index (χ0n) is 15.0. The lowest BCUT2D eigenvalue weighted by Crippen LogP contribution is -2.25. The average Bonchev–Trinajstić information content (AvgIpc) is 3.20. The molecule has 2 N–H and O–H groups in total. The molecular weight excluding hydrogens is 358 g/mol. The zero-order valence-corrected chi connectivity index (χ0v) is 15.0. The van der Waals surface area contributed by atoms with Gasteiger partial charge in [-0.25, -0.2) is 4.79 Å². The first-order chi connectivity index (χ1) is 13.1. The number of aromatic nitrogens is 3. The van der Waals surface area contributed by atoms with E-state index in [-0.39, 0.29) is 23.9 Å². The summed E-state index contributed by atoms with van der Waals surface area (Å²) in [4.78, 5) is 33.0. The number of pyridine rings is 1. The second-order valence-electron chi connectivity index (χ2n) is 4.85. The second kappa shape index (κ2) is 9.75. The van der Waals surface area contributed by atoms with Crippen molar-refractivity contribution >= 4 is 23.3 Å². The molecule has 2 heterocycles. The third-order valence-corrected chi connectivity index (χ3v) is 3.10. The van der Waals surface area contributed by atoms with E-state index >= 15 is 0 Å². The summed E-state index contributed by atoms with van der Waals surface area (Å²) in [5.41, 5.74) is 0.451. The number of carbonyl (C=O) groups is 2. The molecule has 11 nitrogen and oxygen atoms in total. The molecule has 0 fully saturated rings. The van der Waals surface area contributed by atoms with Crippen LogP contribution in [0.1, 0.15) is 12.6 Å². The van der Waals surface area contributed by atoms with Crippen LogP contribution in [0.5, 0.6) is 11.8 Å². The van der Waals surface area contributed by atoms with Gasteiger partial charge in [0.1, 0.15) is 5.69 Å². The average molecular weight is 377 g/mol. The molecule has 0 aliphatic heterocycles. The Balaban J connectivity index is 2.18. The van der Waals surface area contributed by atoms with Crippen LogP contribution in [0.25, 0.3) is 0 Å². The van der Waals surface area contributed by atoms with Crippen molar-refractivity contribution in [2.45, 2.75) is 6.92 Å². The number of aromatic amines is 1. The Morgan fingerprint density at radius 3 is 2.67 bits per heavy atom. The van der Waals surface area contributed by atoms with E-state index in [9.17, 15) is 9.59 Å². The van der Waals surface area contributed by atoms with Crippen LogP contribution in [0.2, 0.25) is 0 Å². The molecule has 0 spiro atoms. The first-order valence-corrected chi connectivity index (χ1v) is 7.84. The highest BCUT2D eigenvalue weighted by Gasteiger charge is 2.19. The van der Waals surface area contributed by atoms with E-state index in [1.54, 1.807) is 19.1 Å². The minimum absolute atomic E-state index is 0.130. The van der Waals surface area contributed by atoms with Gasteiger partial charge in [-0.1, -0.05) is 5.16 Å². The highest BCUT2D eigenvalue weighted by Crippen LogP contribution is 2.24. The van der Waals surface area contributed by atoms with Crippen molar-refractivity contribution in [3.05, 3.63) is 30.1 Å². The van der Waals surface area contributed by atoms with Crippen molar-refractivity contribution in [3.8, 4) is 11.8 Å². The Hall–Kier alpha value is -3.63. The summed E-state index contributed by atoms with van der Waals surface area (Å²) in [7, 11) is 2.87. The van der Waals surface area contributed by atoms with E-state index in [0.717, 1.165) is 0 Å². The van der Waals surface area contributed by atoms with Crippen LogP contribution < -0.4 is 14.8 Å². The molecule has 27 heavy (non-hydrogen) atoms. The fourth-order valence-electron chi connectivity index (χ4n) is 1.92. The molecule has 2 aromatic rings. The number of hydrogen-bond donors (Lipinski definition) is 2. The molecule has 0 saturated carbocycles. The maximum atomic E-state index is 12.6. The lowest BCUT2D eigenvalue weighted by atomic mass is 10.2. The monoisotopic (exact) mass is 377 g/mol. The standard InChI is InChI=1S/C16H19N5O6/c1-4-26-13(22)9-27-21-14(10-7-8-17-20-10)15(23)18-11-5-6-12(24-2)19-16(11)25-3/h5-8H,4,9H2,1-3H3,(H,17,20)(H,18,23)/b21-14+. The van der Waals surface area contributed by atoms with E-state index in [4.69, 9.17) is 19.0 Å². The summed E-state index contributed by atoms with van der Waals surface area (Å²) in [5.74, 6) is -0.760. The minimum atomic E-state index is -0.631. The SMILES string of the molecule is CCOC(=O)CO/N=C(/C(=O)Nc1ccc(OC)nc1OC)c1ccn[nH]1. The molecule has 2 rings (SSSR count). The topological polar surface area (TPSA) is 137 Å². The summed E-state index contributed by atoms with van der Waals surface area (Å²) in [6, 6.07) is 4.64. The zero-order chi connectivity index (χ0) is 19.6. The molecule has 0 bridgehead atoms. The van der Waals surface area contributed by atoms with E-state index in [1.807, 2.05) is 0 Å². The number of amides is 1. The number of esters is 1. The van der Waals surface area contributed by atoms with Gasteiger partial charge in [0.15, 0.2) is 5.71 Å². The van der Waals surface area contributed by atoms with Crippen LogP contribution in [-0.4, -0.2) is 60.2 Å². The smallest absolute Gasteiger partial charge is 0.347 e. The van der Waals surface area contributed by atoms with E-state index < -0.39 is 18.5 Å². The minimum Gasteiger partial charge on any atom is -0.481 e. The molecule has 2 aromatic heterocycles. The number of hydrogen-bond acceptors (Lipinski definition) is 9. The summed E-state index contributed by atoms with van der Waals surface area (Å²) in [6.45, 7) is 1.44. The van der Waals surface area contributed by atoms with Gasteiger partial charge in [0, 0.05) is 12.3 Å². The van der Waals surface area contributed by atoms with Gasteiger partial charge in [-0.2, -0.15) is 10.1 Å². The lowest BCUT2D eigenvalue weighted by Gasteiger charge is -2.11. The number of carbonyl (C=O) groups excluding carboxylic acids is 2. The molecule has 0 atom stereocenters. The molecule has 0 unspecified atom stereocenters. The largest absolute Gasteiger partial charge is 0.481 e. The van der Waals surface area contributed by atoms with Crippen molar-refractivity contribution in [3.63, 3.8) is 0 Å². The number of rotatable bonds is 9. The lowest BCUT2D eigenvalue weighted by molar-refractivity contribution is -0.148. The molecular formula is C16H19N5O6. The van der Waals surface area contributed by atoms with Crippen LogP contribution in [-0.2, 0) is 19.2 Å². The molecule has 0 saturated heterocycles. The van der Waals surface area contributed by atoms with Crippen LogP contribution in [0.15, 0.2) is 29.6 Å². The van der Waals surface area contributed by atoms with Crippen LogP contribution >= 0.6 is 0 Å². The Labute approximate surface area is 154 Å². The van der Waals surface area contributed by atoms with Gasteiger partial charge in [0.05, 0.1) is 26.5 Å². The van der Waals surface area contributed by atoms with Crippen molar-refractivity contribution < 1.29 is 28.6 Å². The highest BCUT2D eigenvalue weighted by molar-refractivity contribution is 6.48. The quantitative estimate of drug-likeness (QED) is 0.371. The number of nitrogens with one attached hydrogen (secondary N) is 2. The van der Waals surface area contributed by atoms with Gasteiger partial charge in [-0.3, -0.25) is 9.89 Å². The second-order valence-corrected chi connectivity index (χ2v) is 4.85. The number of anilines is 1. The van der Waals surface area contributed by atoms with Crippen molar-refractivity contribution in [1.82, 2.24) is 15.2 Å². The third-order valence-electron chi connectivity index (χ3n) is 3.10. The van der Waals surface area contributed by atoms with E-state index in [1.165, 1.54) is 26.5 Å². The van der Waals surface area contributed by atoms with Crippen LogP contribution in [0.3, 0.4) is 0 Å². The fraction of sp³-hybridized carbons (Fsp3) is 0.312. The Morgan fingerprint density at radius 2 is 2.04 bits per heavy atom. The first kappa shape index (κ1) is 19.7. The summed E-state index contributed by atoms with van der Waals surface area (Å²) in [6.07, 6.45) is 1.44. The summed E-state index contributed by atoms with van der Waals surface area (Å²) < 4.78 is 14.9. The molecule has 0 radical (unpaired) electrons. The van der Waals surface area contributed by atoms with Gasteiger partial charge in [-0.05, 0) is 19.1 Å². The molecule has 11 heteroatoms. The summed E-state index contributed by atoms with van der Waals surface area (Å²) >= 11 is 0. The maximum absolute atomic E-state index is 12.6. The van der Waals surface area contributed by atoms with Gasteiger partial charge >= 0.3 is 5.97 Å². The molecule has 0 aliphatic rings. The van der Waals surface area contributed by atoms with Crippen LogP contribution in [0.4, 0.5) is 5.69 Å². The normalized spacial score (nSPS) is 10.9. The molecule has 0 aliphatic carbocycles. The van der Waals surface area contributed by atoms with Gasteiger partial charge in [-0.15, -0.1) is 0 Å². The Kier molecular flexibility index (Phi) is 7.11. The number of methoxy groups -OCH3 is 2. The van der Waals surface area contributed by atoms with Crippen molar-refractivity contribution in [2.24, 2.45) is 5.16 Å². The van der Waals surface area contributed by atoms with E-state index in [2.05, 4.69) is 25.7 Å². The van der Waals surface area contributed by atoms with Crippen molar-refractivity contribution in [1.29, 1.82) is 0 Å². The number of H-pyrrole nitrogens is 1. The van der Waals surface area contributed by atoms with Gasteiger partial charge < -0.3 is 24.4 Å². The van der Waals surface area contributed by atoms with Crippen LogP contribution in [0, 0.1) is 0 Å². The van der Waals surface area contributed by atoms with Gasteiger partial charge in [0.2, 0.25) is 18.4 Å². The Morgan fingerprint density at radius 1 is 1.22 bits per heavy atom. The predicted octanol–water partition coefficient (Wildman–Crippen LogP) is 0.744. The highest BCUT2D eigenvalue weighted by atomic mass is 16.7. The van der Waals surface area contributed by atoms with E-state index in [0.29, 0.717) is 11.6 Å². The fourth-order valence-corrected chi connectivity index (χ4v) is 1.92. The summed E-state index contributed by atoms with van der Waals surface area (Å²) in [5, 5.41) is 12.7. The van der Waals surface area contributed by atoms with Crippen molar-refractivity contribution in [2.75, 3.05) is 32.8 Å². The number of ether oxygens (including phenoxy) is 3.